The van der Waals surface area contributed by atoms with E-state index in [0.717, 1.165) is 36.3 Å². The molecule has 0 aliphatic carbocycles. The van der Waals surface area contributed by atoms with Crippen molar-refractivity contribution in [2.45, 2.75) is 19.4 Å². The van der Waals surface area contributed by atoms with Crippen LogP contribution in [0.2, 0.25) is 0 Å². The second-order valence-corrected chi connectivity index (χ2v) is 5.63. The Labute approximate surface area is 134 Å². The Hall–Kier alpha value is -2.76. The average molecular weight is 313 g/mol. The topological polar surface area (TPSA) is 81.6 Å². The number of anilines is 2. The lowest BCUT2D eigenvalue weighted by molar-refractivity contribution is -0.385. The lowest BCUT2D eigenvalue weighted by atomic mass is 9.99. The summed E-state index contributed by atoms with van der Waals surface area (Å²) in [6.45, 7) is 1.53. The molecule has 0 saturated carbocycles. The molecule has 2 aromatic carbocycles. The number of nitrogen functional groups attached to an aromatic ring is 1. The van der Waals surface area contributed by atoms with E-state index in [-0.39, 0.29) is 11.4 Å². The summed E-state index contributed by atoms with van der Waals surface area (Å²) < 4.78 is 5.05. The predicted molar refractivity (Wildman–Crippen MR) is 89.9 cm³/mol. The first kappa shape index (κ1) is 15.1. The van der Waals surface area contributed by atoms with Crippen LogP contribution in [0.25, 0.3) is 0 Å². The van der Waals surface area contributed by atoms with Gasteiger partial charge in [-0.15, -0.1) is 0 Å². The first-order valence-corrected chi connectivity index (χ1v) is 7.54. The lowest BCUT2D eigenvalue weighted by Gasteiger charge is -2.32. The van der Waals surface area contributed by atoms with Crippen molar-refractivity contribution in [1.82, 2.24) is 0 Å². The zero-order valence-corrected chi connectivity index (χ0v) is 13.0. The highest BCUT2D eigenvalue weighted by Gasteiger charge is 2.20. The Balaban J connectivity index is 1.91. The molecule has 0 amide bonds. The molecule has 2 N–H and O–H groups in total. The molecule has 1 aliphatic heterocycles. The third-order valence-corrected chi connectivity index (χ3v) is 4.20. The third kappa shape index (κ3) is 2.92. The highest BCUT2D eigenvalue weighted by Crippen LogP contribution is 2.33. The van der Waals surface area contributed by atoms with Gasteiger partial charge >= 0.3 is 5.69 Å². The molecule has 3 rings (SSSR count). The summed E-state index contributed by atoms with van der Waals surface area (Å²) in [6, 6.07) is 11.0. The van der Waals surface area contributed by atoms with Gasteiger partial charge in [-0.3, -0.25) is 10.1 Å². The van der Waals surface area contributed by atoms with Gasteiger partial charge < -0.3 is 15.4 Å². The summed E-state index contributed by atoms with van der Waals surface area (Å²) in [6.07, 6.45) is 2.00. The van der Waals surface area contributed by atoms with Crippen LogP contribution < -0.4 is 15.4 Å². The van der Waals surface area contributed by atoms with Crippen molar-refractivity contribution < 1.29 is 9.66 Å². The highest BCUT2D eigenvalue weighted by atomic mass is 16.6. The molecule has 1 aliphatic rings. The SMILES string of the molecule is COc1ccc(CN2CCCc3c(N)cccc32)cc1[N+](=O)[O-]. The van der Waals surface area contributed by atoms with E-state index in [9.17, 15) is 10.1 Å². The van der Waals surface area contributed by atoms with Crippen molar-refractivity contribution in [3.63, 3.8) is 0 Å². The number of fused-ring (bicyclic) bond motifs is 1. The maximum absolute atomic E-state index is 11.2. The van der Waals surface area contributed by atoms with Crippen LogP contribution in [0, 0.1) is 10.1 Å². The molecule has 6 nitrogen and oxygen atoms in total. The Bertz CT molecular complexity index is 746. The van der Waals surface area contributed by atoms with Crippen molar-refractivity contribution in [2.75, 3.05) is 24.3 Å². The van der Waals surface area contributed by atoms with Crippen LogP contribution >= 0.6 is 0 Å². The maximum Gasteiger partial charge on any atom is 0.311 e. The van der Waals surface area contributed by atoms with Crippen molar-refractivity contribution in [3.05, 3.63) is 57.6 Å². The number of ether oxygens (including phenoxy) is 1. The molecule has 0 bridgehead atoms. The van der Waals surface area contributed by atoms with Crippen LogP contribution in [0.4, 0.5) is 17.1 Å². The number of hydrogen-bond donors (Lipinski definition) is 1. The summed E-state index contributed by atoms with van der Waals surface area (Å²) in [5.41, 5.74) is 10.0. The first-order valence-electron chi connectivity index (χ1n) is 7.54. The van der Waals surface area contributed by atoms with Gasteiger partial charge in [-0.1, -0.05) is 12.1 Å². The van der Waals surface area contributed by atoms with E-state index in [0.29, 0.717) is 6.54 Å². The lowest BCUT2D eigenvalue weighted by Crippen LogP contribution is -2.29. The summed E-state index contributed by atoms with van der Waals surface area (Å²) in [7, 11) is 1.44. The van der Waals surface area contributed by atoms with Gasteiger partial charge in [0.1, 0.15) is 0 Å². The quantitative estimate of drug-likeness (QED) is 0.533. The van der Waals surface area contributed by atoms with Crippen LogP contribution in [-0.2, 0) is 13.0 Å². The molecule has 23 heavy (non-hydrogen) atoms. The van der Waals surface area contributed by atoms with Crippen LogP contribution in [0.5, 0.6) is 5.75 Å². The van der Waals surface area contributed by atoms with Gasteiger partial charge in [0.25, 0.3) is 0 Å². The van der Waals surface area contributed by atoms with E-state index in [1.54, 1.807) is 12.1 Å². The summed E-state index contributed by atoms with van der Waals surface area (Å²) in [4.78, 5) is 13.0. The number of benzene rings is 2. The van der Waals surface area contributed by atoms with Crippen LogP contribution in [-0.4, -0.2) is 18.6 Å². The van der Waals surface area contributed by atoms with Gasteiger partial charge in [0.15, 0.2) is 5.75 Å². The molecule has 6 heteroatoms. The number of hydrogen-bond acceptors (Lipinski definition) is 5. The second kappa shape index (κ2) is 6.16. The molecule has 0 radical (unpaired) electrons. The second-order valence-electron chi connectivity index (χ2n) is 5.63. The molecular formula is C17H19N3O3. The minimum absolute atomic E-state index is 0.00481. The van der Waals surface area contributed by atoms with Gasteiger partial charge in [-0.2, -0.15) is 0 Å². The fraction of sp³-hybridized carbons (Fsp3) is 0.294. The van der Waals surface area contributed by atoms with E-state index < -0.39 is 4.92 Å². The summed E-state index contributed by atoms with van der Waals surface area (Å²) in [5, 5.41) is 11.2. The van der Waals surface area contributed by atoms with Gasteiger partial charge in [0, 0.05) is 30.5 Å². The Morgan fingerprint density at radius 3 is 2.91 bits per heavy atom. The van der Waals surface area contributed by atoms with Crippen molar-refractivity contribution >= 4 is 17.1 Å². The fourth-order valence-electron chi connectivity index (χ4n) is 3.09. The Morgan fingerprint density at radius 2 is 2.17 bits per heavy atom. The average Bonchev–Trinajstić information content (AvgIpc) is 2.56. The highest BCUT2D eigenvalue weighted by molar-refractivity contribution is 5.66. The number of nitrogens with zero attached hydrogens (tertiary/aromatic N) is 2. The van der Waals surface area contributed by atoms with Gasteiger partial charge in [0.2, 0.25) is 0 Å². The van der Waals surface area contributed by atoms with Crippen LogP contribution in [0.15, 0.2) is 36.4 Å². The maximum atomic E-state index is 11.2. The summed E-state index contributed by atoms with van der Waals surface area (Å²) in [5.74, 6) is 0.280. The molecule has 0 saturated heterocycles. The van der Waals surface area contributed by atoms with Crippen LogP contribution in [0.1, 0.15) is 17.5 Å². The van der Waals surface area contributed by atoms with E-state index in [1.165, 1.54) is 12.7 Å². The monoisotopic (exact) mass is 313 g/mol. The minimum atomic E-state index is -0.412. The minimum Gasteiger partial charge on any atom is -0.490 e. The molecule has 2 aromatic rings. The molecule has 1 heterocycles. The summed E-state index contributed by atoms with van der Waals surface area (Å²) >= 11 is 0. The predicted octanol–water partition coefficient (Wildman–Crippen LogP) is 3.14. The standard InChI is InChI=1S/C17H19N3O3/c1-23-17-8-7-12(10-16(17)20(21)22)11-19-9-3-4-13-14(18)5-2-6-15(13)19/h2,5-8,10H,3-4,9,11,18H2,1H3. The zero-order chi connectivity index (χ0) is 16.4. The van der Waals surface area contributed by atoms with Crippen LogP contribution in [0.3, 0.4) is 0 Å². The molecule has 0 aromatic heterocycles. The van der Waals surface area contributed by atoms with E-state index >= 15 is 0 Å². The van der Waals surface area contributed by atoms with Crippen molar-refractivity contribution in [3.8, 4) is 5.75 Å². The van der Waals surface area contributed by atoms with Crippen molar-refractivity contribution in [1.29, 1.82) is 0 Å². The Kier molecular flexibility index (Phi) is 4.06. The first-order chi connectivity index (χ1) is 11.1. The van der Waals surface area contributed by atoms with E-state index in [1.807, 2.05) is 18.2 Å². The van der Waals surface area contributed by atoms with Gasteiger partial charge in [0.05, 0.1) is 12.0 Å². The fourth-order valence-corrected chi connectivity index (χ4v) is 3.09. The normalized spacial score (nSPS) is 13.5. The molecule has 120 valence electrons. The third-order valence-electron chi connectivity index (χ3n) is 4.20. The molecule has 0 unspecified atom stereocenters. The number of nitro benzene ring substituents is 1. The molecule has 0 atom stereocenters. The largest absolute Gasteiger partial charge is 0.490 e. The smallest absolute Gasteiger partial charge is 0.311 e. The number of nitrogens with two attached hydrogens (primary N) is 1. The zero-order valence-electron chi connectivity index (χ0n) is 13.0. The number of rotatable bonds is 4. The van der Waals surface area contributed by atoms with Crippen molar-refractivity contribution in [2.24, 2.45) is 0 Å². The molecule has 0 spiro atoms. The van der Waals surface area contributed by atoms with E-state index in [2.05, 4.69) is 11.0 Å². The molecule has 0 fully saturated rings. The number of methoxy groups -OCH3 is 1. The number of nitro groups is 1. The van der Waals surface area contributed by atoms with Gasteiger partial charge in [-0.25, -0.2) is 0 Å². The van der Waals surface area contributed by atoms with E-state index in [4.69, 9.17) is 10.5 Å². The van der Waals surface area contributed by atoms with Gasteiger partial charge in [-0.05, 0) is 42.2 Å². The Morgan fingerprint density at radius 1 is 1.35 bits per heavy atom. The molecular weight excluding hydrogens is 294 g/mol.